The molecule has 1 aliphatic rings. The van der Waals surface area contributed by atoms with Gasteiger partial charge in [-0.15, -0.1) is 0 Å². The Morgan fingerprint density at radius 2 is 2.20 bits per heavy atom. The van der Waals surface area contributed by atoms with Crippen molar-refractivity contribution in [2.24, 2.45) is 0 Å². The van der Waals surface area contributed by atoms with Crippen molar-refractivity contribution < 1.29 is 4.79 Å². The fraction of sp³-hybridized carbons (Fsp3) is 0.625. The molecule has 1 amide bonds. The molecule has 20 heavy (non-hydrogen) atoms. The third kappa shape index (κ3) is 2.79. The maximum absolute atomic E-state index is 12.5. The first-order valence-corrected chi connectivity index (χ1v) is 7.64. The van der Waals surface area contributed by atoms with Gasteiger partial charge in [-0.3, -0.25) is 9.59 Å². The zero-order valence-corrected chi connectivity index (χ0v) is 12.7. The zero-order valence-electron chi connectivity index (χ0n) is 12.7. The van der Waals surface area contributed by atoms with E-state index >= 15 is 0 Å². The number of amides is 1. The van der Waals surface area contributed by atoms with Crippen molar-refractivity contribution in [2.45, 2.75) is 58.9 Å². The van der Waals surface area contributed by atoms with Crippen LogP contribution in [0.2, 0.25) is 0 Å². The molecule has 0 aliphatic carbocycles. The molecular formula is C16H24N2O2. The Morgan fingerprint density at radius 3 is 2.75 bits per heavy atom. The molecule has 1 N–H and O–H groups in total. The van der Waals surface area contributed by atoms with E-state index in [0.717, 1.165) is 49.9 Å². The van der Waals surface area contributed by atoms with E-state index in [4.69, 9.17) is 0 Å². The van der Waals surface area contributed by atoms with Crippen molar-refractivity contribution in [2.75, 3.05) is 6.54 Å². The molecule has 2 rings (SSSR count). The standard InChI is InChI=1S/C16H24N2O2/c1-4-7-12-10-13(15(19)17-14(12)5-2)16(20)18-9-6-8-11(18)3/h10-11H,4-9H2,1-3H3,(H,17,19)/t11-/m1/s1. The average molecular weight is 276 g/mol. The number of carbonyl (C=O) groups excluding carboxylic acids is 1. The fourth-order valence-corrected chi connectivity index (χ4v) is 2.97. The normalized spacial score (nSPS) is 18.6. The minimum absolute atomic E-state index is 0.115. The summed E-state index contributed by atoms with van der Waals surface area (Å²) in [6, 6.07) is 2.05. The largest absolute Gasteiger partial charge is 0.336 e. The molecule has 1 saturated heterocycles. The van der Waals surface area contributed by atoms with Crippen LogP contribution in [-0.2, 0) is 12.8 Å². The number of nitrogens with one attached hydrogen (secondary N) is 1. The summed E-state index contributed by atoms with van der Waals surface area (Å²) >= 11 is 0. The van der Waals surface area contributed by atoms with Gasteiger partial charge < -0.3 is 9.88 Å². The van der Waals surface area contributed by atoms with Crippen LogP contribution in [0.1, 0.15) is 61.6 Å². The van der Waals surface area contributed by atoms with E-state index in [1.165, 1.54) is 0 Å². The summed E-state index contributed by atoms with van der Waals surface area (Å²) in [5.74, 6) is -0.115. The van der Waals surface area contributed by atoms with Crippen LogP contribution in [0.15, 0.2) is 10.9 Å². The Morgan fingerprint density at radius 1 is 1.45 bits per heavy atom. The van der Waals surface area contributed by atoms with E-state index in [0.29, 0.717) is 5.56 Å². The molecule has 0 radical (unpaired) electrons. The summed E-state index contributed by atoms with van der Waals surface area (Å²) in [5, 5.41) is 0. The van der Waals surface area contributed by atoms with Gasteiger partial charge in [-0.2, -0.15) is 0 Å². The van der Waals surface area contributed by atoms with Crippen molar-refractivity contribution in [3.8, 4) is 0 Å². The lowest BCUT2D eigenvalue weighted by Crippen LogP contribution is -2.37. The quantitative estimate of drug-likeness (QED) is 0.918. The summed E-state index contributed by atoms with van der Waals surface area (Å²) in [5.41, 5.74) is 2.12. The lowest BCUT2D eigenvalue weighted by atomic mass is 10.0. The zero-order chi connectivity index (χ0) is 14.7. The van der Waals surface area contributed by atoms with E-state index in [1.54, 1.807) is 0 Å². The second-order valence-electron chi connectivity index (χ2n) is 5.61. The van der Waals surface area contributed by atoms with E-state index in [1.807, 2.05) is 24.8 Å². The fourth-order valence-electron chi connectivity index (χ4n) is 2.97. The van der Waals surface area contributed by atoms with Gasteiger partial charge in [0, 0.05) is 18.3 Å². The number of pyridine rings is 1. The van der Waals surface area contributed by atoms with E-state index in [-0.39, 0.29) is 17.5 Å². The highest BCUT2D eigenvalue weighted by molar-refractivity contribution is 5.94. The first-order chi connectivity index (χ1) is 9.58. The lowest BCUT2D eigenvalue weighted by Gasteiger charge is -2.21. The van der Waals surface area contributed by atoms with Crippen molar-refractivity contribution in [1.29, 1.82) is 0 Å². The Labute approximate surface area is 120 Å². The van der Waals surface area contributed by atoms with E-state index < -0.39 is 0 Å². The van der Waals surface area contributed by atoms with Crippen molar-refractivity contribution in [3.63, 3.8) is 0 Å². The third-order valence-corrected chi connectivity index (χ3v) is 4.13. The van der Waals surface area contributed by atoms with Crippen LogP contribution in [-0.4, -0.2) is 28.4 Å². The summed E-state index contributed by atoms with van der Waals surface area (Å²) in [7, 11) is 0. The van der Waals surface area contributed by atoms with Crippen LogP contribution in [0.4, 0.5) is 0 Å². The minimum atomic E-state index is -0.245. The number of nitrogens with zero attached hydrogens (tertiary/aromatic N) is 1. The highest BCUT2D eigenvalue weighted by Crippen LogP contribution is 2.19. The number of hydrogen-bond acceptors (Lipinski definition) is 2. The molecule has 2 heterocycles. The van der Waals surface area contributed by atoms with Crippen LogP contribution in [0.3, 0.4) is 0 Å². The molecule has 4 heteroatoms. The monoisotopic (exact) mass is 276 g/mol. The van der Waals surface area contributed by atoms with Crippen molar-refractivity contribution >= 4 is 5.91 Å². The maximum atomic E-state index is 12.5. The van der Waals surface area contributed by atoms with Crippen LogP contribution in [0.25, 0.3) is 0 Å². The predicted octanol–water partition coefficient (Wildman–Crippen LogP) is 2.51. The molecule has 1 aromatic heterocycles. The molecule has 1 aliphatic heterocycles. The van der Waals surface area contributed by atoms with Gasteiger partial charge in [0.15, 0.2) is 0 Å². The lowest BCUT2D eigenvalue weighted by molar-refractivity contribution is 0.0745. The molecule has 0 spiro atoms. The molecule has 0 unspecified atom stereocenters. The molecule has 0 bridgehead atoms. The Kier molecular flexibility index (Phi) is 4.63. The van der Waals surface area contributed by atoms with Gasteiger partial charge in [-0.25, -0.2) is 0 Å². The molecule has 0 aromatic carbocycles. The molecule has 1 atom stereocenters. The molecular weight excluding hydrogens is 252 g/mol. The topological polar surface area (TPSA) is 53.2 Å². The first kappa shape index (κ1) is 14.8. The van der Waals surface area contributed by atoms with Crippen LogP contribution < -0.4 is 5.56 Å². The number of aromatic amines is 1. The summed E-state index contributed by atoms with van der Waals surface area (Å²) in [6.07, 6.45) is 4.75. The van der Waals surface area contributed by atoms with Crippen LogP contribution in [0.5, 0.6) is 0 Å². The van der Waals surface area contributed by atoms with Gasteiger partial charge in [-0.05, 0) is 44.2 Å². The molecule has 1 aromatic rings. The molecule has 4 nitrogen and oxygen atoms in total. The highest BCUT2D eigenvalue weighted by Gasteiger charge is 2.28. The van der Waals surface area contributed by atoms with Crippen LogP contribution >= 0.6 is 0 Å². The number of H-pyrrole nitrogens is 1. The second-order valence-corrected chi connectivity index (χ2v) is 5.61. The number of carbonyl (C=O) groups is 1. The Hall–Kier alpha value is -1.58. The number of rotatable bonds is 4. The second kappa shape index (κ2) is 6.25. The number of aromatic nitrogens is 1. The van der Waals surface area contributed by atoms with Crippen molar-refractivity contribution in [3.05, 3.63) is 33.2 Å². The Bertz CT molecular complexity index is 548. The van der Waals surface area contributed by atoms with Crippen LogP contribution in [0, 0.1) is 0 Å². The maximum Gasteiger partial charge on any atom is 0.261 e. The number of hydrogen-bond donors (Lipinski definition) is 1. The highest BCUT2D eigenvalue weighted by atomic mass is 16.2. The third-order valence-electron chi connectivity index (χ3n) is 4.13. The average Bonchev–Trinajstić information content (AvgIpc) is 2.86. The van der Waals surface area contributed by atoms with Gasteiger partial charge >= 0.3 is 0 Å². The molecule has 1 fully saturated rings. The van der Waals surface area contributed by atoms with Gasteiger partial charge in [0.05, 0.1) is 0 Å². The summed E-state index contributed by atoms with van der Waals surface area (Å²) in [6.45, 7) is 6.94. The Balaban J connectivity index is 2.38. The van der Waals surface area contributed by atoms with Gasteiger partial charge in [0.25, 0.3) is 11.5 Å². The minimum Gasteiger partial charge on any atom is -0.336 e. The summed E-state index contributed by atoms with van der Waals surface area (Å²) in [4.78, 5) is 29.4. The van der Waals surface area contributed by atoms with Gasteiger partial charge in [-0.1, -0.05) is 20.3 Å². The van der Waals surface area contributed by atoms with Gasteiger partial charge in [0.1, 0.15) is 5.56 Å². The molecule has 0 saturated carbocycles. The number of aryl methyl sites for hydroxylation is 2. The van der Waals surface area contributed by atoms with Crippen molar-refractivity contribution in [1.82, 2.24) is 9.88 Å². The summed E-state index contributed by atoms with van der Waals surface area (Å²) < 4.78 is 0. The number of likely N-dealkylation sites (tertiary alicyclic amines) is 1. The van der Waals surface area contributed by atoms with E-state index in [2.05, 4.69) is 11.9 Å². The van der Waals surface area contributed by atoms with Gasteiger partial charge in [0.2, 0.25) is 0 Å². The predicted molar refractivity (Wildman–Crippen MR) is 80.2 cm³/mol. The molecule has 110 valence electrons. The SMILES string of the molecule is CCCc1cc(C(=O)N2CCC[C@H]2C)c(=O)[nH]c1CC. The van der Waals surface area contributed by atoms with E-state index in [9.17, 15) is 9.59 Å². The first-order valence-electron chi connectivity index (χ1n) is 7.64. The smallest absolute Gasteiger partial charge is 0.261 e.